The van der Waals surface area contributed by atoms with Crippen LogP contribution in [0.4, 0.5) is 20.4 Å². The van der Waals surface area contributed by atoms with Crippen LogP contribution < -0.4 is 5.32 Å². The molecule has 5 rings (SSSR count). The van der Waals surface area contributed by atoms with E-state index in [-0.39, 0.29) is 35.9 Å². The third-order valence-corrected chi connectivity index (χ3v) is 7.58. The molecule has 37 heavy (non-hydrogen) atoms. The summed E-state index contributed by atoms with van der Waals surface area (Å²) in [5, 5.41) is 20.4. The van der Waals surface area contributed by atoms with Gasteiger partial charge in [-0.25, -0.2) is 13.8 Å². The van der Waals surface area contributed by atoms with E-state index in [1.807, 2.05) is 11.8 Å². The number of aryl methyl sites for hydroxylation is 1. The number of H-pyrrole nitrogens is 1. The Labute approximate surface area is 218 Å². The van der Waals surface area contributed by atoms with Gasteiger partial charge in [0.25, 0.3) is 0 Å². The van der Waals surface area contributed by atoms with E-state index in [9.17, 15) is 14.3 Å². The molecule has 1 aromatic carbocycles. The first-order valence-electron chi connectivity index (χ1n) is 12.2. The van der Waals surface area contributed by atoms with Crippen molar-refractivity contribution in [2.75, 3.05) is 31.6 Å². The average molecular weight is 532 g/mol. The zero-order chi connectivity index (χ0) is 26.2. The number of carboxylic acid groups (broad SMARTS) is 1. The largest absolute Gasteiger partial charge is 0.481 e. The van der Waals surface area contributed by atoms with Crippen LogP contribution in [0.15, 0.2) is 30.3 Å². The van der Waals surface area contributed by atoms with Gasteiger partial charge in [0, 0.05) is 41.8 Å². The summed E-state index contributed by atoms with van der Waals surface area (Å²) in [4.78, 5) is 19.0. The van der Waals surface area contributed by atoms with Crippen LogP contribution in [0, 0.1) is 24.0 Å². The molecule has 3 aromatic rings. The Morgan fingerprint density at radius 2 is 2.00 bits per heavy atom. The maximum Gasteiger partial charge on any atom is 0.310 e. The van der Waals surface area contributed by atoms with E-state index in [2.05, 4.69) is 20.5 Å². The maximum atomic E-state index is 15.7. The Bertz CT molecular complexity index is 1310. The lowest BCUT2D eigenvalue weighted by atomic mass is 9.74. The molecule has 2 aliphatic heterocycles. The molecule has 11 heteroatoms. The predicted octanol–water partition coefficient (Wildman–Crippen LogP) is 4.81. The van der Waals surface area contributed by atoms with Gasteiger partial charge in [-0.3, -0.25) is 14.8 Å². The molecule has 3 N–H and O–H groups in total. The van der Waals surface area contributed by atoms with E-state index in [1.54, 1.807) is 24.3 Å². The van der Waals surface area contributed by atoms with Crippen LogP contribution in [0.3, 0.4) is 0 Å². The number of carboxylic acids is 1. The van der Waals surface area contributed by atoms with E-state index < -0.39 is 23.0 Å². The van der Waals surface area contributed by atoms with Gasteiger partial charge in [-0.1, -0.05) is 23.7 Å². The molecule has 0 atom stereocenters. The zero-order valence-electron chi connectivity index (χ0n) is 20.4. The van der Waals surface area contributed by atoms with Crippen molar-refractivity contribution in [2.45, 2.75) is 38.6 Å². The Balaban J connectivity index is 1.37. The molecule has 2 aromatic heterocycles. The van der Waals surface area contributed by atoms with Crippen LogP contribution in [0.5, 0.6) is 0 Å². The number of benzene rings is 1. The monoisotopic (exact) mass is 531 g/mol. The number of nitrogens with one attached hydrogen (secondary N) is 2. The number of anilines is 2. The number of aromatic amines is 1. The summed E-state index contributed by atoms with van der Waals surface area (Å²) in [6.07, 6.45) is 0.511. The molecule has 0 saturated carbocycles. The fourth-order valence-corrected chi connectivity index (χ4v) is 5.14. The van der Waals surface area contributed by atoms with Gasteiger partial charge in [-0.15, -0.1) is 0 Å². The second-order valence-electron chi connectivity index (χ2n) is 9.90. The highest BCUT2D eigenvalue weighted by Gasteiger charge is 2.43. The van der Waals surface area contributed by atoms with Crippen molar-refractivity contribution in [2.24, 2.45) is 5.41 Å². The number of ether oxygens (including phenoxy) is 1. The molecule has 2 aliphatic rings. The highest BCUT2D eigenvalue weighted by atomic mass is 35.5. The molecule has 0 radical (unpaired) electrons. The molecule has 0 spiro atoms. The van der Waals surface area contributed by atoms with E-state index in [4.69, 9.17) is 16.3 Å². The van der Waals surface area contributed by atoms with Gasteiger partial charge < -0.3 is 15.2 Å². The maximum absolute atomic E-state index is 15.7. The van der Waals surface area contributed by atoms with E-state index in [0.717, 1.165) is 5.69 Å². The standard InChI is InChI=1S/C26H28ClF2N5O3/c1-15-9-22(33-32-15)31-21-10-18(17-13-37-14-17)24(29)20(30-21)11-26(25(35)36)5-7-34(8-6-26)12-16-3-2-4-19(27)23(16)28/h2-4,9-10,17H,5-8,11-14H2,1H3,(H,35,36)(H2,30,31,32,33). The molecular weight excluding hydrogens is 504 g/mol. The first-order valence-corrected chi connectivity index (χ1v) is 12.6. The molecule has 196 valence electrons. The number of rotatable bonds is 8. The SMILES string of the molecule is Cc1cc(Nc2cc(C3COC3)c(F)c(CC3(C(=O)O)CCN(Cc4cccc(Cl)c4F)CC3)n2)n[nH]1. The van der Waals surface area contributed by atoms with E-state index in [1.165, 1.54) is 6.07 Å². The Kier molecular flexibility index (Phi) is 7.15. The molecule has 0 amide bonds. The normalized spacial score (nSPS) is 17.9. The Morgan fingerprint density at radius 3 is 2.62 bits per heavy atom. The Morgan fingerprint density at radius 1 is 1.24 bits per heavy atom. The molecule has 8 nitrogen and oxygen atoms in total. The Hall–Kier alpha value is -3.08. The van der Waals surface area contributed by atoms with Gasteiger partial charge in [0.15, 0.2) is 5.82 Å². The molecule has 2 saturated heterocycles. The summed E-state index contributed by atoms with van der Waals surface area (Å²) >= 11 is 5.91. The minimum atomic E-state index is -1.19. The van der Waals surface area contributed by atoms with E-state index in [0.29, 0.717) is 55.6 Å². The molecule has 2 fully saturated rings. The summed E-state index contributed by atoms with van der Waals surface area (Å²) in [5.74, 6) is -1.11. The number of aromatic nitrogens is 3. The second-order valence-corrected chi connectivity index (χ2v) is 10.3. The number of nitrogens with zero attached hydrogens (tertiary/aromatic N) is 3. The van der Waals surface area contributed by atoms with Crippen LogP contribution >= 0.6 is 11.6 Å². The summed E-state index contributed by atoms with van der Waals surface area (Å²) in [7, 11) is 0. The molecule has 4 heterocycles. The third-order valence-electron chi connectivity index (χ3n) is 7.29. The fraction of sp³-hybridized carbons (Fsp3) is 0.423. The number of pyridine rings is 1. The summed E-state index contributed by atoms with van der Waals surface area (Å²) in [6, 6.07) is 8.30. The third kappa shape index (κ3) is 5.32. The molecule has 0 bridgehead atoms. The lowest BCUT2D eigenvalue weighted by molar-refractivity contribution is -0.152. The van der Waals surface area contributed by atoms with Gasteiger partial charge >= 0.3 is 5.97 Å². The lowest BCUT2D eigenvalue weighted by Gasteiger charge is -2.39. The molecule has 0 unspecified atom stereocenters. The number of halogens is 3. The predicted molar refractivity (Wildman–Crippen MR) is 134 cm³/mol. The minimum Gasteiger partial charge on any atom is -0.481 e. The number of hydrogen-bond acceptors (Lipinski definition) is 6. The number of aliphatic carboxylic acids is 1. The number of likely N-dealkylation sites (tertiary alicyclic amines) is 1. The van der Waals surface area contributed by atoms with E-state index >= 15 is 4.39 Å². The molecular formula is C26H28ClF2N5O3. The van der Waals surface area contributed by atoms with Crippen molar-refractivity contribution in [3.8, 4) is 0 Å². The first kappa shape index (κ1) is 25.6. The number of carbonyl (C=O) groups is 1. The molecule has 0 aliphatic carbocycles. The highest BCUT2D eigenvalue weighted by Crippen LogP contribution is 2.39. The summed E-state index contributed by atoms with van der Waals surface area (Å²) in [6.45, 7) is 3.84. The van der Waals surface area contributed by atoms with Crippen molar-refractivity contribution < 1.29 is 23.4 Å². The van der Waals surface area contributed by atoms with Gasteiger partial charge in [-0.05, 0) is 45.0 Å². The van der Waals surface area contributed by atoms with Gasteiger partial charge in [0.1, 0.15) is 17.5 Å². The van der Waals surface area contributed by atoms with Crippen molar-refractivity contribution >= 4 is 29.2 Å². The fourth-order valence-electron chi connectivity index (χ4n) is 4.95. The van der Waals surface area contributed by atoms with Crippen LogP contribution in [-0.2, 0) is 22.5 Å². The first-order chi connectivity index (χ1) is 17.7. The highest BCUT2D eigenvalue weighted by molar-refractivity contribution is 6.30. The summed E-state index contributed by atoms with van der Waals surface area (Å²) < 4.78 is 35.3. The van der Waals surface area contributed by atoms with Crippen LogP contribution in [0.1, 0.15) is 41.3 Å². The quantitative estimate of drug-likeness (QED) is 0.383. The van der Waals surface area contributed by atoms with Crippen molar-refractivity contribution in [1.82, 2.24) is 20.1 Å². The number of hydrogen-bond donors (Lipinski definition) is 3. The van der Waals surface area contributed by atoms with Crippen LogP contribution in [0.2, 0.25) is 5.02 Å². The number of piperidine rings is 1. The minimum absolute atomic E-state index is 0.0524. The second kappa shape index (κ2) is 10.4. The zero-order valence-corrected chi connectivity index (χ0v) is 21.1. The van der Waals surface area contributed by atoms with Gasteiger partial charge in [0.2, 0.25) is 0 Å². The van der Waals surface area contributed by atoms with Crippen LogP contribution in [-0.4, -0.2) is 57.5 Å². The lowest BCUT2D eigenvalue weighted by Crippen LogP contribution is -2.45. The average Bonchev–Trinajstić information content (AvgIpc) is 3.24. The van der Waals surface area contributed by atoms with Crippen molar-refractivity contribution in [3.63, 3.8) is 0 Å². The van der Waals surface area contributed by atoms with Crippen LogP contribution in [0.25, 0.3) is 0 Å². The van der Waals surface area contributed by atoms with Crippen molar-refractivity contribution in [1.29, 1.82) is 0 Å². The summed E-state index contributed by atoms with van der Waals surface area (Å²) in [5.41, 5.74) is 0.692. The smallest absolute Gasteiger partial charge is 0.310 e. The topological polar surface area (TPSA) is 103 Å². The van der Waals surface area contributed by atoms with Crippen molar-refractivity contribution in [3.05, 3.63) is 69.5 Å². The van der Waals surface area contributed by atoms with Gasteiger partial charge in [0.05, 0.1) is 29.3 Å². The van der Waals surface area contributed by atoms with Gasteiger partial charge in [-0.2, -0.15) is 5.10 Å².